The van der Waals surface area contributed by atoms with Crippen molar-refractivity contribution in [3.05, 3.63) is 18.5 Å². The molecule has 1 aromatic rings. The van der Waals surface area contributed by atoms with Crippen LogP contribution in [0.4, 0.5) is 0 Å². The van der Waals surface area contributed by atoms with Crippen LogP contribution >= 0.6 is 0 Å². The molecule has 0 aliphatic carbocycles. The number of carbonyl (C=O) groups is 2. The lowest BCUT2D eigenvalue weighted by atomic mass is 10.3. The van der Waals surface area contributed by atoms with Crippen LogP contribution in [0.1, 0.15) is 12.8 Å². The normalized spacial score (nSPS) is 9.87. The number of nitrogens with zero attached hydrogens (tertiary/aromatic N) is 2. The zero-order valence-corrected chi connectivity index (χ0v) is 8.22. The van der Waals surface area contributed by atoms with Crippen molar-refractivity contribution >= 4 is 11.9 Å². The Kier molecular flexibility index (Phi) is 4.33. The van der Waals surface area contributed by atoms with Gasteiger partial charge in [-0.15, -0.1) is 0 Å². The molecular weight excluding hydrogens is 198 g/mol. The Morgan fingerprint density at radius 2 is 2.27 bits per heavy atom. The molecule has 0 atom stereocenters. The zero-order valence-electron chi connectivity index (χ0n) is 8.22. The molecule has 0 bridgehead atoms. The summed E-state index contributed by atoms with van der Waals surface area (Å²) in [6.07, 6.45) is 4.44. The third kappa shape index (κ3) is 4.80. The highest BCUT2D eigenvalue weighted by molar-refractivity contribution is 5.80. The van der Waals surface area contributed by atoms with E-state index in [2.05, 4.69) is 10.4 Å². The molecule has 0 fully saturated rings. The maximum absolute atomic E-state index is 11.1. The van der Waals surface area contributed by atoms with Gasteiger partial charge < -0.3 is 10.4 Å². The largest absolute Gasteiger partial charge is 0.480 e. The Morgan fingerprint density at radius 1 is 1.47 bits per heavy atom. The summed E-state index contributed by atoms with van der Waals surface area (Å²) in [5.74, 6) is -1.28. The fraction of sp³-hybridized carbons (Fsp3) is 0.444. The van der Waals surface area contributed by atoms with Gasteiger partial charge >= 0.3 is 5.97 Å². The molecule has 0 radical (unpaired) electrons. The standard InChI is InChI=1S/C9H13N3O3/c13-8(10-7-9(14)15)3-1-5-12-6-2-4-11-12/h2,4,6H,1,3,5,7H2,(H,10,13)(H,14,15). The lowest BCUT2D eigenvalue weighted by molar-refractivity contribution is -0.137. The van der Waals surface area contributed by atoms with E-state index in [4.69, 9.17) is 5.11 Å². The number of amides is 1. The number of rotatable bonds is 6. The van der Waals surface area contributed by atoms with Crippen molar-refractivity contribution in [1.29, 1.82) is 0 Å². The van der Waals surface area contributed by atoms with Crippen molar-refractivity contribution < 1.29 is 14.7 Å². The molecule has 1 rings (SSSR count). The van der Waals surface area contributed by atoms with E-state index in [-0.39, 0.29) is 12.5 Å². The van der Waals surface area contributed by atoms with Crippen LogP contribution in [0.25, 0.3) is 0 Å². The van der Waals surface area contributed by atoms with Gasteiger partial charge in [-0.1, -0.05) is 0 Å². The zero-order chi connectivity index (χ0) is 11.1. The summed E-state index contributed by atoms with van der Waals surface area (Å²) in [4.78, 5) is 21.2. The summed E-state index contributed by atoms with van der Waals surface area (Å²) in [7, 11) is 0. The number of hydrogen-bond donors (Lipinski definition) is 2. The van der Waals surface area contributed by atoms with Crippen molar-refractivity contribution in [1.82, 2.24) is 15.1 Å². The average molecular weight is 211 g/mol. The minimum atomic E-state index is -1.03. The van der Waals surface area contributed by atoms with Gasteiger partial charge in [0.25, 0.3) is 0 Å². The number of aryl methyl sites for hydroxylation is 1. The highest BCUT2D eigenvalue weighted by Crippen LogP contribution is 1.93. The SMILES string of the molecule is O=C(O)CNC(=O)CCCn1cccn1. The molecule has 0 saturated carbocycles. The Balaban J connectivity index is 2.09. The van der Waals surface area contributed by atoms with Gasteiger partial charge in [0, 0.05) is 25.4 Å². The van der Waals surface area contributed by atoms with Gasteiger partial charge in [-0.3, -0.25) is 14.3 Å². The molecule has 82 valence electrons. The quantitative estimate of drug-likeness (QED) is 0.686. The maximum Gasteiger partial charge on any atom is 0.322 e. The van der Waals surface area contributed by atoms with Crippen molar-refractivity contribution in [3.8, 4) is 0 Å². The van der Waals surface area contributed by atoms with E-state index < -0.39 is 5.97 Å². The van der Waals surface area contributed by atoms with Crippen LogP contribution in [0, 0.1) is 0 Å². The van der Waals surface area contributed by atoms with Crippen LogP contribution in [-0.4, -0.2) is 33.3 Å². The summed E-state index contributed by atoms with van der Waals surface area (Å²) >= 11 is 0. The average Bonchev–Trinajstić information content (AvgIpc) is 2.67. The van der Waals surface area contributed by atoms with Gasteiger partial charge in [0.05, 0.1) is 0 Å². The van der Waals surface area contributed by atoms with Crippen molar-refractivity contribution in [2.45, 2.75) is 19.4 Å². The van der Waals surface area contributed by atoms with E-state index in [0.717, 1.165) is 0 Å². The first kappa shape index (κ1) is 11.2. The Hall–Kier alpha value is -1.85. The third-order valence-electron chi connectivity index (χ3n) is 1.79. The van der Waals surface area contributed by atoms with Crippen molar-refractivity contribution in [2.24, 2.45) is 0 Å². The summed E-state index contributed by atoms with van der Waals surface area (Å²) in [6.45, 7) is 0.341. The molecular formula is C9H13N3O3. The summed E-state index contributed by atoms with van der Waals surface area (Å²) in [5.41, 5.74) is 0. The van der Waals surface area contributed by atoms with Crippen LogP contribution in [0.5, 0.6) is 0 Å². The first-order valence-corrected chi connectivity index (χ1v) is 4.64. The molecule has 1 amide bonds. The number of nitrogens with one attached hydrogen (secondary N) is 1. The molecule has 0 aliphatic rings. The predicted octanol–water partition coefficient (Wildman–Crippen LogP) is -0.136. The summed E-state index contributed by atoms with van der Waals surface area (Å²) in [6, 6.07) is 1.81. The molecule has 15 heavy (non-hydrogen) atoms. The predicted molar refractivity (Wildman–Crippen MR) is 52.1 cm³/mol. The lowest BCUT2D eigenvalue weighted by Gasteiger charge is -2.02. The minimum Gasteiger partial charge on any atom is -0.480 e. The first-order chi connectivity index (χ1) is 7.18. The molecule has 0 aliphatic heterocycles. The van der Waals surface area contributed by atoms with Crippen molar-refractivity contribution in [3.63, 3.8) is 0 Å². The van der Waals surface area contributed by atoms with E-state index in [9.17, 15) is 9.59 Å². The maximum atomic E-state index is 11.1. The Labute approximate surface area is 86.9 Å². The second kappa shape index (κ2) is 5.79. The van der Waals surface area contributed by atoms with E-state index >= 15 is 0 Å². The van der Waals surface area contributed by atoms with Crippen LogP contribution < -0.4 is 5.32 Å². The van der Waals surface area contributed by atoms with E-state index in [1.165, 1.54) is 0 Å². The number of carboxylic acid groups (broad SMARTS) is 1. The summed E-state index contributed by atoms with van der Waals surface area (Å²) in [5, 5.41) is 14.6. The smallest absolute Gasteiger partial charge is 0.322 e. The van der Waals surface area contributed by atoms with Crippen LogP contribution in [0.15, 0.2) is 18.5 Å². The highest BCUT2D eigenvalue weighted by Gasteiger charge is 2.03. The monoisotopic (exact) mass is 211 g/mol. The lowest BCUT2D eigenvalue weighted by Crippen LogP contribution is -2.29. The molecule has 6 heteroatoms. The first-order valence-electron chi connectivity index (χ1n) is 4.64. The van der Waals surface area contributed by atoms with Crippen LogP contribution in [0.3, 0.4) is 0 Å². The fourth-order valence-corrected chi connectivity index (χ4v) is 1.10. The van der Waals surface area contributed by atoms with E-state index in [1.807, 2.05) is 12.3 Å². The van der Waals surface area contributed by atoms with Gasteiger partial charge in [-0.25, -0.2) is 0 Å². The number of aromatic nitrogens is 2. The minimum absolute atomic E-state index is 0.246. The van der Waals surface area contributed by atoms with Gasteiger partial charge in [-0.2, -0.15) is 5.10 Å². The second-order valence-electron chi connectivity index (χ2n) is 3.04. The summed E-state index contributed by atoms with van der Waals surface area (Å²) < 4.78 is 1.73. The van der Waals surface area contributed by atoms with E-state index in [1.54, 1.807) is 10.9 Å². The number of carbonyl (C=O) groups excluding carboxylic acids is 1. The van der Waals surface area contributed by atoms with E-state index in [0.29, 0.717) is 19.4 Å². The molecule has 0 saturated heterocycles. The van der Waals surface area contributed by atoms with Crippen molar-refractivity contribution in [2.75, 3.05) is 6.54 Å². The Morgan fingerprint density at radius 3 is 2.87 bits per heavy atom. The van der Waals surface area contributed by atoms with Gasteiger partial charge in [0.1, 0.15) is 6.54 Å². The Bertz CT molecular complexity index is 321. The van der Waals surface area contributed by atoms with Gasteiger partial charge in [-0.05, 0) is 12.5 Å². The highest BCUT2D eigenvalue weighted by atomic mass is 16.4. The van der Waals surface area contributed by atoms with Gasteiger partial charge in [0.15, 0.2) is 0 Å². The molecule has 0 unspecified atom stereocenters. The third-order valence-corrected chi connectivity index (χ3v) is 1.79. The molecule has 0 spiro atoms. The van der Waals surface area contributed by atoms with Gasteiger partial charge in [0.2, 0.25) is 5.91 Å². The van der Waals surface area contributed by atoms with Crippen LogP contribution in [-0.2, 0) is 16.1 Å². The molecule has 0 aromatic carbocycles. The molecule has 2 N–H and O–H groups in total. The molecule has 1 heterocycles. The topological polar surface area (TPSA) is 84.2 Å². The number of carboxylic acids is 1. The number of hydrogen-bond acceptors (Lipinski definition) is 3. The number of aliphatic carboxylic acids is 1. The second-order valence-corrected chi connectivity index (χ2v) is 3.04. The fourth-order valence-electron chi connectivity index (χ4n) is 1.10. The molecule has 6 nitrogen and oxygen atoms in total. The van der Waals surface area contributed by atoms with Crippen LogP contribution in [0.2, 0.25) is 0 Å². The molecule has 1 aromatic heterocycles.